The summed E-state index contributed by atoms with van der Waals surface area (Å²) in [6.45, 7) is 3.86. The second-order valence-electron chi connectivity index (χ2n) is 7.93. The highest BCUT2D eigenvalue weighted by Gasteiger charge is 2.27. The minimum atomic E-state index is -0.300. The van der Waals surface area contributed by atoms with Crippen molar-refractivity contribution in [1.29, 1.82) is 0 Å². The highest BCUT2D eigenvalue weighted by atomic mass is 35.5. The van der Waals surface area contributed by atoms with Crippen molar-refractivity contribution in [3.05, 3.63) is 81.6 Å². The lowest BCUT2D eigenvalue weighted by atomic mass is 9.73. The van der Waals surface area contributed by atoms with Crippen molar-refractivity contribution in [2.45, 2.75) is 57.3 Å². The number of hydrogen-bond acceptors (Lipinski definition) is 0. The number of rotatable bonds is 4. The zero-order chi connectivity index (χ0) is 18.1. The van der Waals surface area contributed by atoms with Crippen LogP contribution < -0.4 is 0 Å². The first-order chi connectivity index (χ1) is 12.7. The number of fused-ring (bicyclic) bond motifs is 3. The molecule has 0 nitrogen and oxygen atoms in total. The Bertz CT molecular complexity index is 823. The van der Waals surface area contributed by atoms with E-state index in [9.17, 15) is 4.39 Å². The molecule has 0 heterocycles. The Morgan fingerprint density at radius 3 is 2.50 bits per heavy atom. The fourth-order valence-electron chi connectivity index (χ4n) is 4.89. The van der Waals surface area contributed by atoms with E-state index >= 15 is 0 Å². The molecule has 26 heavy (non-hydrogen) atoms. The molecule has 0 bridgehead atoms. The molecule has 0 radical (unpaired) electrons. The average molecular weight is 369 g/mol. The van der Waals surface area contributed by atoms with Crippen molar-refractivity contribution in [3.63, 3.8) is 0 Å². The van der Waals surface area contributed by atoms with Gasteiger partial charge < -0.3 is 0 Å². The van der Waals surface area contributed by atoms with Gasteiger partial charge in [0.2, 0.25) is 0 Å². The van der Waals surface area contributed by atoms with E-state index in [1.54, 1.807) is 28.8 Å². The second-order valence-corrected chi connectivity index (χ2v) is 8.34. The topological polar surface area (TPSA) is 0 Å². The molecule has 4 rings (SSSR count). The fraction of sp³-hybridized carbons (Fsp3) is 0.417. The molecule has 2 aromatic rings. The fourth-order valence-corrected chi connectivity index (χ4v) is 5.01. The van der Waals surface area contributed by atoms with E-state index in [-0.39, 0.29) is 10.8 Å². The van der Waals surface area contributed by atoms with Crippen LogP contribution in [-0.4, -0.2) is 0 Å². The molecule has 0 amide bonds. The van der Waals surface area contributed by atoms with E-state index in [2.05, 4.69) is 18.7 Å². The third-order valence-corrected chi connectivity index (χ3v) is 6.65. The molecule has 0 saturated carbocycles. The molecule has 0 aromatic heterocycles. The molecule has 136 valence electrons. The van der Waals surface area contributed by atoms with Gasteiger partial charge in [-0.25, -0.2) is 4.39 Å². The van der Waals surface area contributed by atoms with Gasteiger partial charge in [0.15, 0.2) is 0 Å². The molecular formula is C24H26ClF. The molecule has 0 saturated heterocycles. The van der Waals surface area contributed by atoms with Crippen LogP contribution in [-0.2, 0) is 25.7 Å². The lowest BCUT2D eigenvalue weighted by Crippen LogP contribution is -2.20. The van der Waals surface area contributed by atoms with E-state index in [1.165, 1.54) is 31.2 Å². The first kappa shape index (κ1) is 17.8. The largest absolute Gasteiger partial charge is 0.205 e. The maximum absolute atomic E-state index is 13.8. The quantitative estimate of drug-likeness (QED) is 0.519. The predicted molar refractivity (Wildman–Crippen MR) is 108 cm³/mol. The molecule has 2 aliphatic carbocycles. The van der Waals surface area contributed by atoms with Crippen LogP contribution in [0.5, 0.6) is 0 Å². The van der Waals surface area contributed by atoms with Gasteiger partial charge in [-0.2, -0.15) is 0 Å². The van der Waals surface area contributed by atoms with Crippen molar-refractivity contribution >= 4 is 11.6 Å². The van der Waals surface area contributed by atoms with Crippen LogP contribution in [0.2, 0.25) is 5.02 Å². The molecule has 0 aliphatic heterocycles. The highest BCUT2D eigenvalue weighted by Crippen LogP contribution is 2.39. The first-order valence-electron chi connectivity index (χ1n) is 9.84. The van der Waals surface area contributed by atoms with Crippen LogP contribution in [0.15, 0.2) is 43.0 Å². The van der Waals surface area contributed by atoms with Gasteiger partial charge in [0, 0.05) is 0 Å². The van der Waals surface area contributed by atoms with Crippen molar-refractivity contribution in [2.75, 3.05) is 0 Å². The molecule has 2 heteroatoms. The summed E-state index contributed by atoms with van der Waals surface area (Å²) in [7, 11) is 0. The van der Waals surface area contributed by atoms with Crippen LogP contribution in [0.3, 0.4) is 0 Å². The highest BCUT2D eigenvalue weighted by molar-refractivity contribution is 6.30. The van der Waals surface area contributed by atoms with E-state index in [1.807, 2.05) is 12.1 Å². The van der Waals surface area contributed by atoms with Crippen molar-refractivity contribution < 1.29 is 4.39 Å². The van der Waals surface area contributed by atoms with E-state index < -0.39 is 0 Å². The SMILES string of the molecule is C=CCCC1CCc2c(ccc3c2CCC(c2ccc(Cl)c(F)c2)C3)C1. The Labute approximate surface area is 161 Å². The van der Waals surface area contributed by atoms with Gasteiger partial charge in [-0.3, -0.25) is 0 Å². The van der Waals surface area contributed by atoms with E-state index in [4.69, 9.17) is 11.6 Å². The third-order valence-electron chi connectivity index (χ3n) is 6.34. The van der Waals surface area contributed by atoms with Crippen LogP contribution in [0, 0.1) is 11.7 Å². The van der Waals surface area contributed by atoms with Crippen LogP contribution in [0.25, 0.3) is 0 Å². The first-order valence-corrected chi connectivity index (χ1v) is 10.2. The molecule has 2 unspecified atom stereocenters. The van der Waals surface area contributed by atoms with Crippen LogP contribution in [0.1, 0.15) is 59.4 Å². The summed E-state index contributed by atoms with van der Waals surface area (Å²) < 4.78 is 13.8. The van der Waals surface area contributed by atoms with Gasteiger partial charge in [0.25, 0.3) is 0 Å². The summed E-state index contributed by atoms with van der Waals surface area (Å²) in [4.78, 5) is 0. The standard InChI is InChI=1S/C24H26ClF/c1-2-3-4-16-5-10-21-19(13-16)6-7-20-14-17(8-11-22(20)21)18-9-12-23(25)24(26)15-18/h2,6-7,9,12,15-17H,1,3-5,8,10-11,13-14H2. The number of hydrogen-bond donors (Lipinski definition) is 0. The smallest absolute Gasteiger partial charge is 0.142 e. The molecule has 2 atom stereocenters. The van der Waals surface area contributed by atoms with Gasteiger partial charge in [-0.15, -0.1) is 6.58 Å². The van der Waals surface area contributed by atoms with Gasteiger partial charge in [-0.1, -0.05) is 35.9 Å². The van der Waals surface area contributed by atoms with Crippen LogP contribution in [0.4, 0.5) is 4.39 Å². The Hall–Kier alpha value is -1.60. The van der Waals surface area contributed by atoms with Gasteiger partial charge in [0.05, 0.1) is 5.02 Å². The zero-order valence-electron chi connectivity index (χ0n) is 15.2. The molecular weight excluding hydrogens is 343 g/mol. The lowest BCUT2D eigenvalue weighted by Gasteiger charge is -2.32. The second kappa shape index (κ2) is 7.56. The summed E-state index contributed by atoms with van der Waals surface area (Å²) >= 11 is 5.84. The monoisotopic (exact) mass is 368 g/mol. The van der Waals surface area contributed by atoms with Crippen molar-refractivity contribution in [2.24, 2.45) is 5.92 Å². The molecule has 2 aromatic carbocycles. The Morgan fingerprint density at radius 1 is 1.04 bits per heavy atom. The Kier molecular flexibility index (Phi) is 5.18. The maximum Gasteiger partial charge on any atom is 0.142 e. The van der Waals surface area contributed by atoms with Gasteiger partial charge in [-0.05, 0) is 103 Å². The third kappa shape index (κ3) is 3.47. The minimum Gasteiger partial charge on any atom is -0.205 e. The summed E-state index contributed by atoms with van der Waals surface area (Å²) in [6, 6.07) is 10.0. The van der Waals surface area contributed by atoms with Gasteiger partial charge >= 0.3 is 0 Å². The van der Waals surface area contributed by atoms with E-state index in [0.29, 0.717) is 5.92 Å². The number of halogens is 2. The Balaban J connectivity index is 1.54. The summed E-state index contributed by atoms with van der Waals surface area (Å²) in [5, 5.41) is 0.213. The van der Waals surface area contributed by atoms with E-state index in [0.717, 1.165) is 37.2 Å². The average Bonchev–Trinajstić information content (AvgIpc) is 2.67. The van der Waals surface area contributed by atoms with Crippen LogP contribution >= 0.6 is 11.6 Å². The summed E-state index contributed by atoms with van der Waals surface area (Å²) in [5.41, 5.74) is 7.34. The molecule has 0 fully saturated rings. The summed E-state index contributed by atoms with van der Waals surface area (Å²) in [5.74, 6) is 0.911. The number of allylic oxidation sites excluding steroid dienone is 1. The van der Waals surface area contributed by atoms with Gasteiger partial charge in [0.1, 0.15) is 5.82 Å². The molecule has 0 spiro atoms. The summed E-state index contributed by atoms with van der Waals surface area (Å²) in [6.07, 6.45) is 11.4. The maximum atomic E-state index is 13.8. The normalized spacial score (nSPS) is 21.8. The molecule has 0 N–H and O–H groups in total. The predicted octanol–water partition coefficient (Wildman–Crippen LogP) is 6.82. The van der Waals surface area contributed by atoms with Crippen molar-refractivity contribution in [3.8, 4) is 0 Å². The zero-order valence-corrected chi connectivity index (χ0v) is 16.0. The minimum absolute atomic E-state index is 0.213. The number of benzene rings is 2. The molecule has 2 aliphatic rings. The lowest BCUT2D eigenvalue weighted by molar-refractivity contribution is 0.427. The van der Waals surface area contributed by atoms with Crippen molar-refractivity contribution in [1.82, 2.24) is 0 Å². The Morgan fingerprint density at radius 2 is 1.77 bits per heavy atom.